The fraction of sp³-hybridized carbons (Fsp3) is 0.100. The van der Waals surface area contributed by atoms with Gasteiger partial charge in [-0.1, -0.05) is 66.2 Å². The molecular weight excluding hydrogens is 240 g/mol. The van der Waals surface area contributed by atoms with Crippen molar-refractivity contribution in [2.75, 3.05) is 0 Å². The van der Waals surface area contributed by atoms with E-state index in [1.54, 1.807) is 0 Å². The zero-order chi connectivity index (χ0) is 13.7. The predicted molar refractivity (Wildman–Crippen MR) is 88.4 cm³/mol. The van der Waals surface area contributed by atoms with E-state index in [1.165, 1.54) is 43.4 Å². The zero-order valence-electron chi connectivity index (χ0n) is 11.8. The maximum Gasteiger partial charge on any atom is -0.00696 e. The summed E-state index contributed by atoms with van der Waals surface area (Å²) in [6.45, 7) is 4.37. The van der Waals surface area contributed by atoms with E-state index < -0.39 is 0 Å². The fourth-order valence-electron chi connectivity index (χ4n) is 3.30. The smallest absolute Gasteiger partial charge is 0.00696 e. The number of fused-ring (bicyclic) bond motifs is 6. The van der Waals surface area contributed by atoms with Gasteiger partial charge in [0, 0.05) is 0 Å². The molecule has 0 aliphatic heterocycles. The largest absolute Gasteiger partial charge is 0.0616 e. The van der Waals surface area contributed by atoms with Crippen LogP contribution in [0.15, 0.2) is 60.7 Å². The minimum atomic E-state index is 1.32. The Morgan fingerprint density at radius 3 is 2.00 bits per heavy atom. The van der Waals surface area contributed by atoms with Gasteiger partial charge in [-0.15, -0.1) is 0 Å². The molecule has 0 bridgehead atoms. The maximum absolute atomic E-state index is 2.32. The van der Waals surface area contributed by atoms with Gasteiger partial charge in [-0.05, 0) is 51.7 Å². The third-order valence-electron chi connectivity index (χ3n) is 4.22. The molecule has 0 heteroatoms. The Morgan fingerprint density at radius 2 is 1.20 bits per heavy atom. The molecule has 0 nitrogen and oxygen atoms in total. The van der Waals surface area contributed by atoms with Crippen LogP contribution >= 0.6 is 0 Å². The Hall–Kier alpha value is -2.34. The molecule has 96 valence electrons. The molecule has 20 heavy (non-hydrogen) atoms. The van der Waals surface area contributed by atoms with E-state index in [2.05, 4.69) is 74.5 Å². The van der Waals surface area contributed by atoms with Gasteiger partial charge in [0.25, 0.3) is 0 Å². The Balaban J connectivity index is 2.45. The second-order valence-electron chi connectivity index (χ2n) is 5.59. The predicted octanol–water partition coefficient (Wildman–Crippen LogP) is 5.76. The quantitative estimate of drug-likeness (QED) is 0.351. The normalized spacial score (nSPS) is 11.5. The SMILES string of the molecule is Cc1ccc2c3ccccc3c3cccc(C)c3c2c1. The van der Waals surface area contributed by atoms with Crippen LogP contribution in [0.2, 0.25) is 0 Å². The van der Waals surface area contributed by atoms with Gasteiger partial charge in [-0.3, -0.25) is 0 Å². The van der Waals surface area contributed by atoms with Gasteiger partial charge in [0.05, 0.1) is 0 Å². The number of rotatable bonds is 0. The van der Waals surface area contributed by atoms with Crippen molar-refractivity contribution in [3.8, 4) is 0 Å². The number of benzene rings is 4. The van der Waals surface area contributed by atoms with Crippen LogP contribution in [-0.2, 0) is 0 Å². The Labute approximate surface area is 118 Å². The second-order valence-corrected chi connectivity index (χ2v) is 5.59. The summed E-state index contributed by atoms with van der Waals surface area (Å²) in [5.41, 5.74) is 2.67. The first-order valence-corrected chi connectivity index (χ1v) is 7.06. The molecule has 0 saturated carbocycles. The molecule has 0 unspecified atom stereocenters. The summed E-state index contributed by atoms with van der Waals surface area (Å²) in [6.07, 6.45) is 0. The van der Waals surface area contributed by atoms with E-state index in [0.29, 0.717) is 0 Å². The third kappa shape index (κ3) is 1.48. The van der Waals surface area contributed by atoms with Crippen molar-refractivity contribution in [2.24, 2.45) is 0 Å². The molecule has 0 atom stereocenters. The van der Waals surface area contributed by atoms with Gasteiger partial charge in [0.15, 0.2) is 0 Å². The summed E-state index contributed by atoms with van der Waals surface area (Å²) < 4.78 is 0. The lowest BCUT2D eigenvalue weighted by Crippen LogP contribution is -1.86. The average molecular weight is 256 g/mol. The van der Waals surface area contributed by atoms with Gasteiger partial charge >= 0.3 is 0 Å². The molecule has 0 aromatic heterocycles. The second kappa shape index (κ2) is 4.08. The first kappa shape index (κ1) is 11.5. The zero-order valence-corrected chi connectivity index (χ0v) is 11.8. The third-order valence-corrected chi connectivity index (χ3v) is 4.22. The Kier molecular flexibility index (Phi) is 2.34. The molecule has 4 aromatic rings. The van der Waals surface area contributed by atoms with Crippen LogP contribution in [0, 0.1) is 13.8 Å². The van der Waals surface area contributed by atoms with Crippen LogP contribution < -0.4 is 0 Å². The summed E-state index contributed by atoms with van der Waals surface area (Å²) in [5, 5.41) is 8.18. The average Bonchev–Trinajstić information content (AvgIpc) is 2.47. The van der Waals surface area contributed by atoms with Crippen molar-refractivity contribution in [2.45, 2.75) is 13.8 Å². The number of hydrogen-bond donors (Lipinski definition) is 0. The van der Waals surface area contributed by atoms with Crippen molar-refractivity contribution >= 4 is 32.3 Å². The Bertz CT molecular complexity index is 962. The molecule has 0 aliphatic rings. The lowest BCUT2D eigenvalue weighted by Gasteiger charge is -2.12. The molecule has 4 rings (SSSR count). The lowest BCUT2D eigenvalue weighted by atomic mass is 9.91. The number of aryl methyl sites for hydroxylation is 2. The molecular formula is C20H16. The highest BCUT2D eigenvalue weighted by molar-refractivity contribution is 6.26. The van der Waals surface area contributed by atoms with Crippen LogP contribution in [-0.4, -0.2) is 0 Å². The highest BCUT2D eigenvalue weighted by atomic mass is 14.1. The summed E-state index contributed by atoms with van der Waals surface area (Å²) in [7, 11) is 0. The minimum Gasteiger partial charge on any atom is -0.0616 e. The molecule has 0 N–H and O–H groups in total. The van der Waals surface area contributed by atoms with Crippen LogP contribution in [0.3, 0.4) is 0 Å². The Morgan fingerprint density at radius 1 is 0.550 bits per heavy atom. The van der Waals surface area contributed by atoms with Crippen LogP contribution in [0.5, 0.6) is 0 Å². The van der Waals surface area contributed by atoms with Crippen LogP contribution in [0.25, 0.3) is 32.3 Å². The van der Waals surface area contributed by atoms with Crippen LogP contribution in [0.4, 0.5) is 0 Å². The van der Waals surface area contributed by atoms with Crippen molar-refractivity contribution in [3.05, 3.63) is 71.8 Å². The van der Waals surface area contributed by atoms with E-state index >= 15 is 0 Å². The summed E-state index contributed by atoms with van der Waals surface area (Å²) in [4.78, 5) is 0. The topological polar surface area (TPSA) is 0 Å². The lowest BCUT2D eigenvalue weighted by molar-refractivity contribution is 1.50. The minimum absolute atomic E-state index is 1.32. The molecule has 0 spiro atoms. The molecule has 0 heterocycles. The molecule has 0 fully saturated rings. The van der Waals surface area contributed by atoms with E-state index in [1.807, 2.05) is 0 Å². The van der Waals surface area contributed by atoms with Gasteiger partial charge in [-0.2, -0.15) is 0 Å². The standard InChI is InChI=1S/C20H16/c1-13-10-11-17-15-7-3-4-8-16(15)18-9-5-6-14(2)20(18)19(17)12-13/h3-12H,1-2H3. The van der Waals surface area contributed by atoms with Crippen LogP contribution in [0.1, 0.15) is 11.1 Å². The van der Waals surface area contributed by atoms with E-state index in [9.17, 15) is 0 Å². The highest BCUT2D eigenvalue weighted by Gasteiger charge is 2.09. The fourth-order valence-corrected chi connectivity index (χ4v) is 3.30. The van der Waals surface area contributed by atoms with E-state index in [-0.39, 0.29) is 0 Å². The molecule has 0 radical (unpaired) electrons. The molecule has 0 amide bonds. The highest BCUT2D eigenvalue weighted by Crippen LogP contribution is 2.36. The van der Waals surface area contributed by atoms with Gasteiger partial charge < -0.3 is 0 Å². The van der Waals surface area contributed by atoms with Crippen molar-refractivity contribution in [3.63, 3.8) is 0 Å². The summed E-state index contributed by atoms with van der Waals surface area (Å²) in [6, 6.07) is 22.1. The maximum atomic E-state index is 2.32. The monoisotopic (exact) mass is 256 g/mol. The molecule has 0 aliphatic carbocycles. The van der Waals surface area contributed by atoms with Gasteiger partial charge in [0.1, 0.15) is 0 Å². The van der Waals surface area contributed by atoms with Crippen molar-refractivity contribution in [1.82, 2.24) is 0 Å². The van der Waals surface area contributed by atoms with E-state index in [4.69, 9.17) is 0 Å². The first-order chi connectivity index (χ1) is 9.75. The van der Waals surface area contributed by atoms with Gasteiger partial charge in [0.2, 0.25) is 0 Å². The van der Waals surface area contributed by atoms with Crippen molar-refractivity contribution < 1.29 is 0 Å². The summed E-state index contributed by atoms with van der Waals surface area (Å²) >= 11 is 0. The summed E-state index contributed by atoms with van der Waals surface area (Å²) in [5.74, 6) is 0. The number of hydrogen-bond acceptors (Lipinski definition) is 0. The van der Waals surface area contributed by atoms with Crippen molar-refractivity contribution in [1.29, 1.82) is 0 Å². The first-order valence-electron chi connectivity index (χ1n) is 7.06. The van der Waals surface area contributed by atoms with E-state index in [0.717, 1.165) is 0 Å². The van der Waals surface area contributed by atoms with Gasteiger partial charge in [-0.25, -0.2) is 0 Å². The molecule has 0 saturated heterocycles. The molecule has 4 aromatic carbocycles.